The third-order valence-corrected chi connectivity index (χ3v) is 6.33. The summed E-state index contributed by atoms with van der Waals surface area (Å²) in [5.41, 5.74) is 3.02. The zero-order valence-corrected chi connectivity index (χ0v) is 18.8. The normalized spacial score (nSPS) is 11.1. The highest BCUT2D eigenvalue weighted by Crippen LogP contribution is 2.22. The molecule has 9 heteroatoms. The van der Waals surface area contributed by atoms with Crippen molar-refractivity contribution < 1.29 is 17.9 Å². The summed E-state index contributed by atoms with van der Waals surface area (Å²) >= 11 is 0. The number of aryl methyl sites for hydroxylation is 1. The van der Waals surface area contributed by atoms with Crippen molar-refractivity contribution in [3.05, 3.63) is 96.3 Å². The number of carbonyl (C=O) groups excluding carboxylic acids is 1. The van der Waals surface area contributed by atoms with Gasteiger partial charge < -0.3 is 10.1 Å². The van der Waals surface area contributed by atoms with Crippen molar-refractivity contribution in [1.82, 2.24) is 9.78 Å². The molecule has 1 aromatic heterocycles. The number of anilines is 2. The minimum atomic E-state index is -3.84. The molecule has 3 aromatic carbocycles. The van der Waals surface area contributed by atoms with Gasteiger partial charge in [0.05, 0.1) is 17.7 Å². The monoisotopic (exact) mass is 462 g/mol. The number of rotatable bonds is 7. The maximum absolute atomic E-state index is 12.8. The summed E-state index contributed by atoms with van der Waals surface area (Å²) in [4.78, 5) is 12.7. The largest absolute Gasteiger partial charge is 0.497 e. The number of benzene rings is 3. The standard InChI is InChI=1S/C24H22N4O4S/c1-17-14-15-25-28(17)21-10-6-18(7-11-21)24(29)26-20-4-3-5-23(16-20)33(30,31)27-19-8-12-22(32-2)13-9-19/h3-16,27H,1-2H3,(H,26,29). The predicted octanol–water partition coefficient (Wildman–Crippen LogP) is 4.24. The van der Waals surface area contributed by atoms with Gasteiger partial charge in [0.25, 0.3) is 15.9 Å². The van der Waals surface area contributed by atoms with Gasteiger partial charge in [-0.3, -0.25) is 9.52 Å². The minimum absolute atomic E-state index is 0.0284. The fraction of sp³-hybridized carbons (Fsp3) is 0.0833. The molecule has 0 aliphatic heterocycles. The highest BCUT2D eigenvalue weighted by Gasteiger charge is 2.16. The van der Waals surface area contributed by atoms with Crippen molar-refractivity contribution in [3.8, 4) is 11.4 Å². The fourth-order valence-corrected chi connectivity index (χ4v) is 4.32. The summed E-state index contributed by atoms with van der Waals surface area (Å²) in [6.07, 6.45) is 1.71. The Hall–Kier alpha value is -4.11. The molecule has 8 nitrogen and oxygen atoms in total. The lowest BCUT2D eigenvalue weighted by molar-refractivity contribution is 0.102. The van der Waals surface area contributed by atoms with Crippen LogP contribution in [0.3, 0.4) is 0 Å². The van der Waals surface area contributed by atoms with Crippen molar-refractivity contribution in [2.75, 3.05) is 17.1 Å². The summed E-state index contributed by atoms with van der Waals surface area (Å²) in [7, 11) is -2.31. The van der Waals surface area contributed by atoms with Crippen LogP contribution in [-0.4, -0.2) is 31.2 Å². The van der Waals surface area contributed by atoms with Crippen molar-refractivity contribution in [2.45, 2.75) is 11.8 Å². The van der Waals surface area contributed by atoms with E-state index in [4.69, 9.17) is 4.74 Å². The van der Waals surface area contributed by atoms with Gasteiger partial charge in [-0.15, -0.1) is 0 Å². The van der Waals surface area contributed by atoms with Crippen LogP contribution in [-0.2, 0) is 10.0 Å². The zero-order valence-electron chi connectivity index (χ0n) is 18.0. The minimum Gasteiger partial charge on any atom is -0.497 e. The molecule has 0 bridgehead atoms. The lowest BCUT2D eigenvalue weighted by Crippen LogP contribution is -2.15. The van der Waals surface area contributed by atoms with Crippen molar-refractivity contribution in [2.24, 2.45) is 0 Å². The van der Waals surface area contributed by atoms with Crippen LogP contribution in [0.4, 0.5) is 11.4 Å². The summed E-state index contributed by atoms with van der Waals surface area (Å²) in [6.45, 7) is 1.94. The third kappa shape index (κ3) is 5.04. The number of ether oxygens (including phenoxy) is 1. The Kier molecular flexibility index (Phi) is 6.14. The number of methoxy groups -OCH3 is 1. The quantitative estimate of drug-likeness (QED) is 0.428. The van der Waals surface area contributed by atoms with Crippen LogP contribution in [0, 0.1) is 6.92 Å². The topological polar surface area (TPSA) is 102 Å². The van der Waals surface area contributed by atoms with Crippen LogP contribution in [0.25, 0.3) is 5.69 Å². The van der Waals surface area contributed by atoms with E-state index < -0.39 is 10.0 Å². The molecule has 0 saturated heterocycles. The Morgan fingerprint density at radius 3 is 2.30 bits per heavy atom. The first-order chi connectivity index (χ1) is 15.9. The molecule has 0 aliphatic carbocycles. The molecular formula is C24H22N4O4S. The second kappa shape index (κ2) is 9.17. The Morgan fingerprint density at radius 2 is 1.67 bits per heavy atom. The number of carbonyl (C=O) groups is 1. The van der Waals surface area contributed by atoms with Gasteiger partial charge >= 0.3 is 0 Å². The SMILES string of the molecule is COc1ccc(NS(=O)(=O)c2cccc(NC(=O)c3ccc(-n4nccc4C)cc3)c2)cc1. The summed E-state index contributed by atoms with van der Waals surface area (Å²) in [5, 5.41) is 6.99. The molecular weight excluding hydrogens is 440 g/mol. The van der Waals surface area contributed by atoms with E-state index in [-0.39, 0.29) is 10.8 Å². The van der Waals surface area contributed by atoms with E-state index in [9.17, 15) is 13.2 Å². The predicted molar refractivity (Wildman–Crippen MR) is 126 cm³/mol. The summed E-state index contributed by atoms with van der Waals surface area (Å²) in [6, 6.07) is 21.5. The molecule has 0 unspecified atom stereocenters. The first-order valence-corrected chi connectivity index (χ1v) is 11.5. The van der Waals surface area contributed by atoms with Crippen LogP contribution in [0.1, 0.15) is 16.1 Å². The molecule has 0 atom stereocenters. The van der Waals surface area contributed by atoms with Gasteiger partial charge in [0, 0.05) is 28.8 Å². The van der Waals surface area contributed by atoms with E-state index in [0.717, 1.165) is 11.4 Å². The van der Waals surface area contributed by atoms with Gasteiger partial charge in [-0.2, -0.15) is 5.10 Å². The second-order valence-electron chi connectivity index (χ2n) is 7.25. The third-order valence-electron chi connectivity index (χ3n) is 4.95. The highest BCUT2D eigenvalue weighted by molar-refractivity contribution is 7.92. The molecule has 33 heavy (non-hydrogen) atoms. The van der Waals surface area contributed by atoms with Crippen LogP contribution in [0.2, 0.25) is 0 Å². The number of amides is 1. The lowest BCUT2D eigenvalue weighted by atomic mass is 10.2. The van der Waals surface area contributed by atoms with Gasteiger partial charge in [-0.05, 0) is 79.7 Å². The van der Waals surface area contributed by atoms with Crippen LogP contribution >= 0.6 is 0 Å². The van der Waals surface area contributed by atoms with Gasteiger partial charge in [-0.25, -0.2) is 13.1 Å². The number of nitrogens with one attached hydrogen (secondary N) is 2. The molecule has 168 valence electrons. The van der Waals surface area contributed by atoms with Crippen molar-refractivity contribution in [1.29, 1.82) is 0 Å². The number of hydrogen-bond donors (Lipinski definition) is 2. The summed E-state index contributed by atoms with van der Waals surface area (Å²) < 4.78 is 34.9. The van der Waals surface area contributed by atoms with Crippen molar-refractivity contribution >= 4 is 27.3 Å². The molecule has 1 amide bonds. The van der Waals surface area contributed by atoms with E-state index in [1.165, 1.54) is 19.2 Å². The number of aromatic nitrogens is 2. The van der Waals surface area contributed by atoms with E-state index in [1.807, 2.05) is 13.0 Å². The van der Waals surface area contributed by atoms with Crippen LogP contribution < -0.4 is 14.8 Å². The van der Waals surface area contributed by atoms with E-state index in [1.54, 1.807) is 71.5 Å². The van der Waals surface area contributed by atoms with Crippen LogP contribution in [0.5, 0.6) is 5.75 Å². The Bertz CT molecular complexity index is 1380. The fourth-order valence-electron chi connectivity index (χ4n) is 3.21. The average Bonchev–Trinajstić information content (AvgIpc) is 3.25. The van der Waals surface area contributed by atoms with E-state index >= 15 is 0 Å². The Labute approximate surface area is 191 Å². The molecule has 4 aromatic rings. The summed E-state index contributed by atoms with van der Waals surface area (Å²) in [5.74, 6) is 0.270. The molecule has 0 radical (unpaired) electrons. The number of sulfonamides is 1. The number of hydrogen-bond acceptors (Lipinski definition) is 5. The zero-order chi connectivity index (χ0) is 23.4. The first kappa shape index (κ1) is 22.1. The molecule has 0 saturated carbocycles. The maximum Gasteiger partial charge on any atom is 0.261 e. The van der Waals surface area contributed by atoms with Gasteiger partial charge in [0.2, 0.25) is 0 Å². The Morgan fingerprint density at radius 1 is 0.939 bits per heavy atom. The van der Waals surface area contributed by atoms with E-state index in [2.05, 4.69) is 15.1 Å². The molecule has 0 aliphatic rings. The van der Waals surface area contributed by atoms with Gasteiger partial charge in [0.15, 0.2) is 0 Å². The second-order valence-corrected chi connectivity index (χ2v) is 8.93. The smallest absolute Gasteiger partial charge is 0.261 e. The van der Waals surface area contributed by atoms with Gasteiger partial charge in [-0.1, -0.05) is 6.07 Å². The van der Waals surface area contributed by atoms with Crippen molar-refractivity contribution in [3.63, 3.8) is 0 Å². The molecule has 4 rings (SSSR count). The van der Waals surface area contributed by atoms with Gasteiger partial charge in [0.1, 0.15) is 5.75 Å². The van der Waals surface area contributed by atoms with Crippen LogP contribution in [0.15, 0.2) is 90.0 Å². The number of nitrogens with zero attached hydrogens (tertiary/aromatic N) is 2. The first-order valence-electron chi connectivity index (χ1n) is 10.0. The highest BCUT2D eigenvalue weighted by atomic mass is 32.2. The lowest BCUT2D eigenvalue weighted by Gasteiger charge is -2.11. The maximum atomic E-state index is 12.8. The Balaban J connectivity index is 1.48. The molecule has 0 spiro atoms. The molecule has 1 heterocycles. The average molecular weight is 463 g/mol. The molecule has 0 fully saturated rings. The van der Waals surface area contributed by atoms with E-state index in [0.29, 0.717) is 22.7 Å². The molecule has 2 N–H and O–H groups in total.